The maximum absolute atomic E-state index is 11.7. The van der Waals surface area contributed by atoms with Crippen LogP contribution in [0.15, 0.2) is 82.8 Å². The summed E-state index contributed by atoms with van der Waals surface area (Å²) in [4.78, 5) is 149. The van der Waals surface area contributed by atoms with Crippen LogP contribution in [-0.2, 0) is 78.9 Å². The van der Waals surface area contributed by atoms with Gasteiger partial charge in [0.15, 0.2) is 0 Å². The van der Waals surface area contributed by atoms with Gasteiger partial charge in [0.1, 0.15) is 0 Å². The summed E-state index contributed by atoms with van der Waals surface area (Å²) in [6.07, 6.45) is 0. The number of hydrogen-bond donors (Lipinski definition) is 6. The predicted octanol–water partition coefficient (Wildman–Crippen LogP) is -6.20. The summed E-state index contributed by atoms with van der Waals surface area (Å²) >= 11 is 9.19. The largest absolute Gasteiger partial charge is 3.00 e. The quantitative estimate of drug-likeness (QED) is 0.0137. The van der Waals surface area contributed by atoms with Crippen molar-refractivity contribution in [3.8, 4) is 23.7 Å². The number of carboxylic acids is 11. The molecule has 0 unspecified atom stereocenters. The minimum Gasteiger partial charge on any atom is -0.549 e. The van der Waals surface area contributed by atoms with E-state index >= 15 is 0 Å². The van der Waals surface area contributed by atoms with Gasteiger partial charge in [0.25, 0.3) is 0 Å². The van der Waals surface area contributed by atoms with E-state index < -0.39 is 138 Å². The summed E-state index contributed by atoms with van der Waals surface area (Å²) in [6, 6.07) is 19.6. The molecule has 0 fully saturated rings. The van der Waals surface area contributed by atoms with Gasteiger partial charge in [0.05, 0.1) is 114 Å². The molecule has 0 aliphatic rings. The SMILES string of the molecule is O=C([O-])CN(CC(=O)[O-])Cc1cc(C#Cc2ccc(N=C=S)cc2)cc(CN(CCN(CC(=O)O)CC(=O)O)CC(=O)O)n1.O=C([O-])CN(CCN(CC(=O)[O-])Cc1cc(C#Cc2ccc(N=C=S)cc2)cc(CN(CCN(CC(=O)O)CC(=O)O)CC(=O)O)n1)CC(=O)[O-].[Eu+3].[Eu+3]. The van der Waals surface area contributed by atoms with Crippen molar-refractivity contribution in [1.29, 1.82) is 0 Å². The second-order valence-corrected chi connectivity index (χ2v) is 20.7. The Bertz CT molecular complexity index is 3510. The van der Waals surface area contributed by atoms with E-state index in [0.717, 1.165) is 19.6 Å². The minimum absolute atomic E-state index is 0. The van der Waals surface area contributed by atoms with Crippen LogP contribution in [0.5, 0.6) is 0 Å². The molecule has 0 radical (unpaired) electrons. The third kappa shape index (κ3) is 40.7. The first-order chi connectivity index (χ1) is 44.9. The fourth-order valence-electron chi connectivity index (χ4n) is 8.68. The number of carbonyl (C=O) groups excluding carboxylic acids is 5. The van der Waals surface area contributed by atoms with Crippen LogP contribution < -0.4 is 25.5 Å². The van der Waals surface area contributed by atoms with Crippen molar-refractivity contribution in [2.45, 2.75) is 26.2 Å². The van der Waals surface area contributed by atoms with Crippen molar-refractivity contribution < 1.29 is 208 Å². The molecule has 0 amide bonds. The Kier molecular flexibility index (Phi) is 42.8. The van der Waals surface area contributed by atoms with E-state index in [-0.39, 0.29) is 187 Å². The van der Waals surface area contributed by atoms with Crippen molar-refractivity contribution in [3.63, 3.8) is 0 Å². The summed E-state index contributed by atoms with van der Waals surface area (Å²) in [5.41, 5.74) is 4.12. The molecule has 37 heteroatoms. The van der Waals surface area contributed by atoms with Crippen LogP contribution in [0, 0.1) is 122 Å². The molecule has 2 heterocycles. The molecule has 0 saturated heterocycles. The van der Waals surface area contributed by atoms with Crippen molar-refractivity contribution >= 4 is 112 Å². The first-order valence-corrected chi connectivity index (χ1v) is 28.5. The third-order valence-corrected chi connectivity index (χ3v) is 12.5. The van der Waals surface area contributed by atoms with E-state index in [1.807, 2.05) is 0 Å². The van der Waals surface area contributed by atoms with Gasteiger partial charge in [0.2, 0.25) is 0 Å². The average molecular weight is 1660 g/mol. The van der Waals surface area contributed by atoms with Crippen LogP contribution in [0.25, 0.3) is 0 Å². The zero-order valence-corrected chi connectivity index (χ0v) is 57.5. The van der Waals surface area contributed by atoms with Crippen LogP contribution in [0.1, 0.15) is 45.0 Å². The van der Waals surface area contributed by atoms with Crippen molar-refractivity contribution in [1.82, 2.24) is 44.3 Å². The molecule has 0 bridgehead atoms. The van der Waals surface area contributed by atoms with Gasteiger partial charge in [-0.2, -0.15) is 9.98 Å². The topological polar surface area (TPSA) is 498 Å². The Morgan fingerprint density at radius 2 is 0.536 bits per heavy atom. The minimum atomic E-state index is -1.55. The molecule has 0 atom stereocenters. The molecule has 0 saturated carbocycles. The van der Waals surface area contributed by atoms with Gasteiger partial charge in [-0.1, -0.05) is 23.7 Å². The summed E-state index contributed by atoms with van der Waals surface area (Å²) in [5, 5.41) is 116. The number of aliphatic imine (C=N–C) groups is 2. The van der Waals surface area contributed by atoms with Crippen LogP contribution in [-0.4, -0.2) is 262 Å². The van der Waals surface area contributed by atoms with Crippen molar-refractivity contribution in [2.24, 2.45) is 9.98 Å². The van der Waals surface area contributed by atoms with Gasteiger partial charge in [0, 0.05) is 120 Å². The predicted molar refractivity (Wildman–Crippen MR) is 324 cm³/mol. The molecule has 0 aliphatic carbocycles. The Hall–Kier alpha value is -7.48. The molecule has 0 aliphatic heterocycles. The van der Waals surface area contributed by atoms with Gasteiger partial charge in [-0.25, -0.2) is 0 Å². The Labute approximate surface area is 645 Å². The maximum atomic E-state index is 11.7. The first kappa shape index (κ1) is 87.5. The molecule has 6 N–H and O–H groups in total. The number of thiocarbonyl (C=S) groups is 2. The molecule has 97 heavy (non-hydrogen) atoms. The zero-order valence-electron chi connectivity index (χ0n) is 51.0. The van der Waals surface area contributed by atoms with Crippen LogP contribution >= 0.6 is 24.4 Å². The zero-order chi connectivity index (χ0) is 70.6. The fraction of sp³-hybridized carbons (Fsp3) is 0.350. The van der Waals surface area contributed by atoms with E-state index in [1.165, 1.54) is 20.8 Å². The molecule has 2 aromatic carbocycles. The van der Waals surface area contributed by atoms with Crippen molar-refractivity contribution in [3.05, 3.63) is 118 Å². The molecule has 2 aromatic heterocycles. The molecular weight excluding hydrogens is 1590 g/mol. The second kappa shape index (κ2) is 47.5. The van der Waals surface area contributed by atoms with E-state index in [4.69, 9.17) is 20.4 Å². The van der Waals surface area contributed by atoms with Crippen LogP contribution in [0.2, 0.25) is 0 Å². The van der Waals surface area contributed by atoms with E-state index in [0.29, 0.717) is 33.6 Å². The standard InChI is InChI=1S/C32H36N6O12S.C28H29N5O10S.2Eu/c39-27(40)15-35(7-9-37(17-29(43)44)18-30(45)46)13-25-11-23(2-1-22-3-5-24(6-4-22)33-21-51)12-26(34-25)14-36(16-28(41)42)8-10-38(19-31(47)48)20-32(49)50;34-24(35)13-31(7-8-32(14-25(36)37)15-26(38)39)11-22-9-20(2-1-19-3-5-21(6-4-19)29-18-44)10-23(30-22)12-33(16-27(40)41)17-28(42)43;;/h3-6,11-12H,7-10,13-20H2,(H,39,40)(H,41,42)(H,43,44)(H,45,46)(H,47,48)(H,49,50);3-6,9-10H,7-8,11-17H2,(H,34,35)(H,36,37)(H,38,39)(H,40,41)(H,42,43);;/q;;2*+3/p-5. The Balaban J connectivity index is 0.000000960. The summed E-state index contributed by atoms with van der Waals surface area (Å²) in [7, 11) is 0. The normalized spacial score (nSPS) is 10.5. The van der Waals surface area contributed by atoms with Gasteiger partial charge in [-0.15, -0.1) is 0 Å². The number of carbonyl (C=O) groups is 11. The first-order valence-electron chi connectivity index (χ1n) is 27.7. The number of carboxylic acid groups (broad SMARTS) is 11. The maximum Gasteiger partial charge on any atom is 3.00 e. The number of nitrogens with zero attached hydrogens (tertiary/aromatic N) is 11. The number of isothiocyanates is 2. The molecule has 4 rings (SSSR count). The number of aromatic nitrogens is 2. The smallest absolute Gasteiger partial charge is 0.549 e. The summed E-state index contributed by atoms with van der Waals surface area (Å²) in [5.74, 6) is -3.30. The summed E-state index contributed by atoms with van der Waals surface area (Å²) in [6.45, 7) is -8.33. The Morgan fingerprint density at radius 3 is 0.794 bits per heavy atom. The number of rotatable bonds is 41. The third-order valence-electron chi connectivity index (χ3n) is 12.3. The van der Waals surface area contributed by atoms with E-state index in [2.05, 4.69) is 78.4 Å². The monoisotopic (exact) mass is 1660 g/mol. The van der Waals surface area contributed by atoms with Crippen molar-refractivity contribution in [2.75, 3.05) is 111 Å². The Morgan fingerprint density at radius 1 is 0.330 bits per heavy atom. The van der Waals surface area contributed by atoms with Gasteiger partial charge >= 0.3 is 135 Å². The van der Waals surface area contributed by atoms with Crippen LogP contribution in [0.3, 0.4) is 0 Å². The number of hydrogen-bond acceptors (Lipinski definition) is 29. The number of benzene rings is 2. The molecule has 512 valence electrons. The van der Waals surface area contributed by atoms with Crippen LogP contribution in [0.4, 0.5) is 11.4 Å². The molecule has 4 aromatic rings. The fourth-order valence-corrected chi connectivity index (χ4v) is 8.89. The van der Waals surface area contributed by atoms with Gasteiger partial charge in [-0.05, 0) is 97.2 Å². The second-order valence-electron chi connectivity index (χ2n) is 20.3. The molecular formula is C60H60Eu2N11O22S2+. The summed E-state index contributed by atoms with van der Waals surface area (Å²) < 4.78 is 0. The number of aliphatic carboxylic acids is 11. The average Bonchev–Trinajstić information content (AvgIpc) is 0.864. The van der Waals surface area contributed by atoms with E-state index in [9.17, 15) is 88.5 Å². The van der Waals surface area contributed by atoms with E-state index in [1.54, 1.807) is 66.7 Å². The molecule has 33 nitrogen and oxygen atoms in total. The molecule has 0 spiro atoms. The van der Waals surface area contributed by atoms with Gasteiger partial charge < -0.3 is 80.1 Å². The number of pyridine rings is 2. The van der Waals surface area contributed by atoms with Gasteiger partial charge in [-0.3, -0.25) is 73.0 Å².